The van der Waals surface area contributed by atoms with E-state index < -0.39 is 0 Å². The molecule has 1 amide bonds. The molecule has 0 aliphatic heterocycles. The van der Waals surface area contributed by atoms with Crippen LogP contribution in [0.25, 0.3) is 0 Å². The molecule has 90 valence electrons. The number of nitriles is 1. The van der Waals surface area contributed by atoms with Crippen LogP contribution in [0.1, 0.15) is 13.3 Å². The van der Waals surface area contributed by atoms with Gasteiger partial charge in [0.1, 0.15) is 12.3 Å². The number of rotatable bonds is 6. The van der Waals surface area contributed by atoms with E-state index in [0.29, 0.717) is 12.3 Å². The molecule has 0 aliphatic rings. The molecule has 0 radical (unpaired) electrons. The van der Waals surface area contributed by atoms with Crippen molar-refractivity contribution in [1.29, 1.82) is 5.26 Å². The van der Waals surface area contributed by atoms with E-state index in [2.05, 4.69) is 0 Å². The fraction of sp³-hybridized carbons (Fsp3) is 0.385. The third kappa shape index (κ3) is 4.56. The summed E-state index contributed by atoms with van der Waals surface area (Å²) in [5.41, 5.74) is 0. The largest absolute Gasteiger partial charge is 0.484 e. The normalized spacial score (nSPS) is 9.41. The van der Waals surface area contributed by atoms with Crippen LogP contribution in [0.2, 0.25) is 0 Å². The Labute approximate surface area is 101 Å². The second kappa shape index (κ2) is 7.29. The molecule has 0 aliphatic carbocycles. The average Bonchev–Trinajstić information content (AvgIpc) is 2.37. The minimum Gasteiger partial charge on any atom is -0.484 e. The quantitative estimate of drug-likeness (QED) is 0.703. The Bertz CT molecular complexity index is 384. The van der Waals surface area contributed by atoms with Crippen LogP contribution in [0.3, 0.4) is 0 Å². The maximum atomic E-state index is 11.7. The van der Waals surface area contributed by atoms with E-state index in [9.17, 15) is 4.79 Å². The molecule has 0 spiro atoms. The maximum Gasteiger partial charge on any atom is 0.261 e. The van der Waals surface area contributed by atoms with Gasteiger partial charge in [-0.25, -0.2) is 0 Å². The van der Waals surface area contributed by atoms with Crippen molar-refractivity contribution < 1.29 is 9.53 Å². The first kappa shape index (κ1) is 13.0. The van der Waals surface area contributed by atoms with Crippen molar-refractivity contribution in [1.82, 2.24) is 4.90 Å². The van der Waals surface area contributed by atoms with Crippen LogP contribution in [-0.2, 0) is 4.79 Å². The van der Waals surface area contributed by atoms with Gasteiger partial charge in [-0.1, -0.05) is 25.1 Å². The molecule has 1 rings (SSSR count). The molecule has 0 fully saturated rings. The Morgan fingerprint density at radius 2 is 2.12 bits per heavy atom. The second-order valence-corrected chi connectivity index (χ2v) is 3.58. The zero-order valence-electron chi connectivity index (χ0n) is 9.93. The minimum absolute atomic E-state index is 0.0221. The Morgan fingerprint density at radius 1 is 1.41 bits per heavy atom. The van der Waals surface area contributed by atoms with Crippen LogP contribution < -0.4 is 4.74 Å². The molecule has 0 bridgehead atoms. The number of nitrogens with zero attached hydrogens (tertiary/aromatic N) is 2. The molecular weight excluding hydrogens is 216 g/mol. The fourth-order valence-electron chi connectivity index (χ4n) is 1.40. The monoisotopic (exact) mass is 232 g/mol. The highest BCUT2D eigenvalue weighted by Gasteiger charge is 2.12. The Kier molecular flexibility index (Phi) is 5.59. The first-order valence-electron chi connectivity index (χ1n) is 5.60. The maximum absolute atomic E-state index is 11.7. The van der Waals surface area contributed by atoms with Crippen molar-refractivity contribution >= 4 is 5.91 Å². The molecule has 0 atom stereocenters. The Hall–Kier alpha value is -2.02. The summed E-state index contributed by atoms with van der Waals surface area (Å²) in [5.74, 6) is 0.506. The Morgan fingerprint density at radius 3 is 2.71 bits per heavy atom. The van der Waals surface area contributed by atoms with E-state index in [1.807, 2.05) is 31.2 Å². The third-order valence-corrected chi connectivity index (χ3v) is 2.21. The summed E-state index contributed by atoms with van der Waals surface area (Å²) in [6, 6.07) is 11.1. The highest BCUT2D eigenvalue weighted by molar-refractivity contribution is 5.78. The van der Waals surface area contributed by atoms with E-state index in [1.165, 1.54) is 4.90 Å². The van der Waals surface area contributed by atoms with Crippen molar-refractivity contribution in [2.45, 2.75) is 13.3 Å². The first-order chi connectivity index (χ1) is 8.27. The third-order valence-electron chi connectivity index (χ3n) is 2.21. The summed E-state index contributed by atoms with van der Waals surface area (Å²) >= 11 is 0. The molecule has 17 heavy (non-hydrogen) atoms. The minimum atomic E-state index is -0.155. The molecule has 0 aromatic heterocycles. The smallest absolute Gasteiger partial charge is 0.261 e. The van der Waals surface area contributed by atoms with Crippen LogP contribution in [0.15, 0.2) is 30.3 Å². The highest BCUT2D eigenvalue weighted by atomic mass is 16.5. The van der Waals surface area contributed by atoms with Gasteiger partial charge in [-0.3, -0.25) is 4.79 Å². The summed E-state index contributed by atoms with van der Waals surface area (Å²) in [5, 5.41) is 8.61. The number of ether oxygens (including phenoxy) is 1. The molecule has 1 aromatic carbocycles. The molecule has 0 unspecified atom stereocenters. The molecule has 0 saturated heterocycles. The van der Waals surface area contributed by atoms with Crippen molar-refractivity contribution in [2.75, 3.05) is 19.7 Å². The van der Waals surface area contributed by atoms with Gasteiger partial charge in [-0.2, -0.15) is 5.26 Å². The lowest BCUT2D eigenvalue weighted by Crippen LogP contribution is -2.35. The molecule has 4 nitrogen and oxygen atoms in total. The van der Waals surface area contributed by atoms with Crippen LogP contribution in [0.4, 0.5) is 0 Å². The predicted octanol–water partition coefficient (Wildman–Crippen LogP) is 1.83. The van der Waals surface area contributed by atoms with Crippen molar-refractivity contribution in [3.05, 3.63) is 30.3 Å². The number of hydrogen-bond donors (Lipinski definition) is 0. The number of carbonyl (C=O) groups excluding carboxylic acids is 1. The van der Waals surface area contributed by atoms with Crippen molar-refractivity contribution in [2.24, 2.45) is 0 Å². The fourth-order valence-corrected chi connectivity index (χ4v) is 1.40. The van der Waals surface area contributed by atoms with E-state index in [-0.39, 0.29) is 19.1 Å². The van der Waals surface area contributed by atoms with E-state index in [4.69, 9.17) is 10.00 Å². The average molecular weight is 232 g/mol. The lowest BCUT2D eigenvalue weighted by Gasteiger charge is -2.18. The summed E-state index contributed by atoms with van der Waals surface area (Å²) in [6.07, 6.45) is 0.832. The van der Waals surface area contributed by atoms with Crippen molar-refractivity contribution in [3.63, 3.8) is 0 Å². The molecule has 0 N–H and O–H groups in total. The summed E-state index contributed by atoms with van der Waals surface area (Å²) < 4.78 is 5.34. The van der Waals surface area contributed by atoms with Crippen LogP contribution >= 0.6 is 0 Å². The molecular formula is C13H16N2O2. The number of amides is 1. The van der Waals surface area contributed by atoms with Gasteiger partial charge < -0.3 is 9.64 Å². The van der Waals surface area contributed by atoms with E-state index in [1.54, 1.807) is 12.1 Å². The van der Waals surface area contributed by atoms with Gasteiger partial charge in [0.05, 0.1) is 6.07 Å². The molecule has 1 aromatic rings. The van der Waals surface area contributed by atoms with Gasteiger partial charge in [-0.05, 0) is 18.6 Å². The second-order valence-electron chi connectivity index (χ2n) is 3.58. The van der Waals surface area contributed by atoms with Crippen molar-refractivity contribution in [3.8, 4) is 11.8 Å². The zero-order valence-corrected chi connectivity index (χ0v) is 9.93. The van der Waals surface area contributed by atoms with E-state index >= 15 is 0 Å². The SMILES string of the molecule is CCCN(CC#N)C(=O)COc1ccccc1. The lowest BCUT2D eigenvalue weighted by molar-refractivity contribution is -0.132. The Balaban J connectivity index is 2.45. The van der Waals surface area contributed by atoms with Gasteiger partial charge in [0.15, 0.2) is 6.61 Å². The highest BCUT2D eigenvalue weighted by Crippen LogP contribution is 2.08. The van der Waals surface area contributed by atoms with Crippen LogP contribution in [-0.4, -0.2) is 30.5 Å². The summed E-state index contributed by atoms with van der Waals surface area (Å²) in [7, 11) is 0. The first-order valence-corrected chi connectivity index (χ1v) is 5.60. The molecule has 4 heteroatoms. The van der Waals surface area contributed by atoms with E-state index in [0.717, 1.165) is 6.42 Å². The summed E-state index contributed by atoms with van der Waals surface area (Å²) in [6.45, 7) is 2.65. The number of para-hydroxylation sites is 1. The lowest BCUT2D eigenvalue weighted by atomic mass is 10.3. The van der Waals surface area contributed by atoms with Gasteiger partial charge in [0, 0.05) is 6.54 Å². The zero-order chi connectivity index (χ0) is 12.5. The number of carbonyl (C=O) groups is 1. The van der Waals surface area contributed by atoms with Crippen LogP contribution in [0, 0.1) is 11.3 Å². The standard InChI is InChI=1S/C13H16N2O2/c1-2-9-15(10-8-14)13(16)11-17-12-6-4-3-5-7-12/h3-7H,2,9-11H2,1H3. The van der Waals surface area contributed by atoms with Gasteiger partial charge in [0.2, 0.25) is 0 Å². The number of hydrogen-bond acceptors (Lipinski definition) is 3. The molecule has 0 heterocycles. The van der Waals surface area contributed by atoms with Gasteiger partial charge in [-0.15, -0.1) is 0 Å². The van der Waals surface area contributed by atoms with Gasteiger partial charge in [0.25, 0.3) is 5.91 Å². The number of benzene rings is 1. The van der Waals surface area contributed by atoms with Crippen LogP contribution in [0.5, 0.6) is 5.75 Å². The topological polar surface area (TPSA) is 53.3 Å². The van der Waals surface area contributed by atoms with Gasteiger partial charge >= 0.3 is 0 Å². The predicted molar refractivity (Wildman–Crippen MR) is 64.4 cm³/mol. The summed E-state index contributed by atoms with van der Waals surface area (Å²) in [4.78, 5) is 13.2. The molecule has 0 saturated carbocycles.